The van der Waals surface area contributed by atoms with Crippen LogP contribution in [0, 0.1) is 6.92 Å². The molecule has 1 aliphatic rings. The lowest BCUT2D eigenvalue weighted by molar-refractivity contribution is -0.127. The molecule has 1 heterocycles. The van der Waals surface area contributed by atoms with E-state index in [9.17, 15) is 14.5 Å². The Hall–Kier alpha value is -1.20. The quantitative estimate of drug-likeness (QED) is 0.815. The summed E-state index contributed by atoms with van der Waals surface area (Å²) < 4.78 is 21.9. The molecule has 0 spiro atoms. The number of carbonyl (C=O) groups excluding carboxylic acids is 1. The van der Waals surface area contributed by atoms with Gasteiger partial charge in [0.05, 0.1) is 0 Å². The molecule has 7 heteroatoms. The molecule has 1 aromatic rings. The number of aryl methyl sites for hydroxylation is 1. The van der Waals surface area contributed by atoms with Crippen molar-refractivity contribution in [2.75, 3.05) is 19.5 Å². The van der Waals surface area contributed by atoms with E-state index < -0.39 is 18.8 Å². The van der Waals surface area contributed by atoms with Gasteiger partial charge in [0.2, 0.25) is 0 Å². The lowest BCUT2D eigenvalue weighted by Gasteiger charge is -2.27. The molecule has 0 bridgehead atoms. The van der Waals surface area contributed by atoms with Crippen molar-refractivity contribution < 1.29 is 23.5 Å². The van der Waals surface area contributed by atoms with Gasteiger partial charge in [-0.25, -0.2) is 0 Å². The standard InChI is InChI=1S/C11H14NO5P/c1-7-4-5-9-8(6-7)11(14,10(13)12-9)18(15,16-2)17-3/h4-6,14H,1-3H3,(H,12,13). The fraction of sp³-hybridized carbons (Fsp3) is 0.364. The van der Waals surface area contributed by atoms with Crippen LogP contribution in [0.1, 0.15) is 11.1 Å². The van der Waals surface area contributed by atoms with Crippen molar-refractivity contribution >= 4 is 19.2 Å². The molecule has 0 saturated carbocycles. The highest BCUT2D eigenvalue weighted by molar-refractivity contribution is 7.56. The third kappa shape index (κ3) is 1.54. The monoisotopic (exact) mass is 271 g/mol. The second kappa shape index (κ2) is 4.17. The van der Waals surface area contributed by atoms with Crippen LogP contribution in [-0.4, -0.2) is 25.2 Å². The van der Waals surface area contributed by atoms with Crippen LogP contribution in [0.2, 0.25) is 0 Å². The Labute approximate surface area is 104 Å². The van der Waals surface area contributed by atoms with E-state index in [0.29, 0.717) is 5.69 Å². The summed E-state index contributed by atoms with van der Waals surface area (Å²) >= 11 is 0. The Balaban J connectivity index is 2.69. The van der Waals surface area contributed by atoms with Crippen molar-refractivity contribution in [3.8, 4) is 0 Å². The molecule has 1 atom stereocenters. The predicted molar refractivity (Wildman–Crippen MR) is 65.3 cm³/mol. The van der Waals surface area contributed by atoms with Gasteiger partial charge in [-0.2, -0.15) is 0 Å². The van der Waals surface area contributed by atoms with Crippen LogP contribution in [0.3, 0.4) is 0 Å². The van der Waals surface area contributed by atoms with Gasteiger partial charge in [-0.05, 0) is 19.1 Å². The van der Waals surface area contributed by atoms with Crippen molar-refractivity contribution in [3.63, 3.8) is 0 Å². The summed E-state index contributed by atoms with van der Waals surface area (Å²) in [5.74, 6) is -0.810. The average Bonchev–Trinajstić information content (AvgIpc) is 2.62. The minimum absolute atomic E-state index is 0.208. The molecule has 0 aromatic heterocycles. The first-order valence-corrected chi connectivity index (χ1v) is 6.80. The van der Waals surface area contributed by atoms with Gasteiger partial charge < -0.3 is 19.5 Å². The van der Waals surface area contributed by atoms with Crippen LogP contribution in [0.4, 0.5) is 5.69 Å². The summed E-state index contributed by atoms with van der Waals surface area (Å²) in [6.45, 7) is 1.80. The Morgan fingerprint density at radius 2 is 1.94 bits per heavy atom. The smallest absolute Gasteiger partial charge is 0.366 e. The highest BCUT2D eigenvalue weighted by Crippen LogP contribution is 2.65. The van der Waals surface area contributed by atoms with E-state index in [4.69, 9.17) is 9.05 Å². The largest absolute Gasteiger partial charge is 0.376 e. The molecule has 6 nitrogen and oxygen atoms in total. The molecule has 0 aliphatic carbocycles. The maximum Gasteiger partial charge on any atom is 0.376 e. The fourth-order valence-corrected chi connectivity index (χ4v) is 3.46. The highest BCUT2D eigenvalue weighted by atomic mass is 31.2. The van der Waals surface area contributed by atoms with Crippen molar-refractivity contribution in [3.05, 3.63) is 29.3 Å². The molecular formula is C11H14NO5P. The maximum atomic E-state index is 12.4. The van der Waals surface area contributed by atoms with Gasteiger partial charge in [-0.3, -0.25) is 9.36 Å². The molecule has 1 unspecified atom stereocenters. The Morgan fingerprint density at radius 1 is 1.33 bits per heavy atom. The van der Waals surface area contributed by atoms with E-state index >= 15 is 0 Å². The topological polar surface area (TPSA) is 84.9 Å². The van der Waals surface area contributed by atoms with Gasteiger partial charge in [0.15, 0.2) is 0 Å². The Bertz CT molecular complexity index is 550. The SMILES string of the molecule is COP(=O)(OC)C1(O)C(=O)Nc2ccc(C)cc21. The van der Waals surface area contributed by atoms with Crippen molar-refractivity contribution in [1.29, 1.82) is 0 Å². The number of rotatable bonds is 3. The number of aliphatic hydroxyl groups is 1. The molecule has 1 aliphatic heterocycles. The molecule has 18 heavy (non-hydrogen) atoms. The van der Waals surface area contributed by atoms with Gasteiger partial charge >= 0.3 is 7.60 Å². The summed E-state index contributed by atoms with van der Waals surface area (Å²) in [4.78, 5) is 11.9. The van der Waals surface area contributed by atoms with E-state index in [2.05, 4.69) is 5.32 Å². The third-order valence-corrected chi connectivity index (χ3v) is 5.19. The number of carbonyl (C=O) groups is 1. The first-order chi connectivity index (χ1) is 8.39. The van der Waals surface area contributed by atoms with Gasteiger partial charge in [-0.15, -0.1) is 0 Å². The van der Waals surface area contributed by atoms with Crippen molar-refractivity contribution in [2.45, 2.75) is 12.3 Å². The molecule has 1 aromatic carbocycles. The van der Waals surface area contributed by atoms with Crippen LogP contribution in [-0.2, 0) is 23.7 Å². The Morgan fingerprint density at radius 3 is 2.50 bits per heavy atom. The summed E-state index contributed by atoms with van der Waals surface area (Å²) in [5, 5.41) is 10.7. The lowest BCUT2D eigenvalue weighted by atomic mass is 10.1. The minimum atomic E-state index is -4.01. The van der Waals surface area contributed by atoms with E-state index in [1.807, 2.05) is 0 Å². The van der Waals surface area contributed by atoms with Gasteiger partial charge in [0.1, 0.15) is 0 Å². The van der Waals surface area contributed by atoms with Gasteiger partial charge in [-0.1, -0.05) is 11.6 Å². The molecule has 0 radical (unpaired) electrons. The van der Waals surface area contributed by atoms with Crippen LogP contribution in [0.15, 0.2) is 18.2 Å². The average molecular weight is 271 g/mol. The first kappa shape index (κ1) is 13.2. The zero-order chi connectivity index (χ0) is 13.6. The summed E-state index contributed by atoms with van der Waals surface area (Å²) in [7, 11) is -1.75. The van der Waals surface area contributed by atoms with Crippen LogP contribution < -0.4 is 5.32 Å². The normalized spacial score (nSPS) is 22.8. The van der Waals surface area contributed by atoms with Gasteiger partial charge in [0.25, 0.3) is 11.2 Å². The molecule has 1 amide bonds. The lowest BCUT2D eigenvalue weighted by Crippen LogP contribution is -2.35. The van der Waals surface area contributed by atoms with Crippen molar-refractivity contribution in [2.24, 2.45) is 0 Å². The molecule has 0 saturated heterocycles. The number of benzene rings is 1. The molecule has 2 N–H and O–H groups in total. The van der Waals surface area contributed by atoms with Crippen LogP contribution in [0.25, 0.3) is 0 Å². The third-order valence-electron chi connectivity index (χ3n) is 2.99. The number of hydrogen-bond acceptors (Lipinski definition) is 5. The summed E-state index contributed by atoms with van der Waals surface area (Å²) in [6.07, 6.45) is 0. The van der Waals surface area contributed by atoms with E-state index in [1.54, 1.807) is 25.1 Å². The second-order valence-corrected chi connectivity index (χ2v) is 6.41. The predicted octanol–water partition coefficient (Wildman–Crippen LogP) is 1.58. The minimum Gasteiger partial charge on any atom is -0.366 e. The van der Waals surface area contributed by atoms with E-state index in [0.717, 1.165) is 19.8 Å². The number of nitrogens with one attached hydrogen (secondary N) is 1. The zero-order valence-corrected chi connectivity index (χ0v) is 11.2. The Kier molecular flexibility index (Phi) is 3.07. The number of anilines is 1. The molecule has 98 valence electrons. The second-order valence-electron chi connectivity index (χ2n) is 4.04. The van der Waals surface area contributed by atoms with Crippen molar-refractivity contribution in [1.82, 2.24) is 0 Å². The molecule has 2 rings (SSSR count). The fourth-order valence-electron chi connectivity index (χ4n) is 2.00. The van der Waals surface area contributed by atoms with Crippen LogP contribution in [0.5, 0.6) is 0 Å². The summed E-state index contributed by atoms with van der Waals surface area (Å²) in [6, 6.07) is 4.99. The van der Waals surface area contributed by atoms with E-state index in [-0.39, 0.29) is 5.56 Å². The highest BCUT2D eigenvalue weighted by Gasteiger charge is 2.61. The zero-order valence-electron chi connectivity index (χ0n) is 10.3. The van der Waals surface area contributed by atoms with Gasteiger partial charge in [0, 0.05) is 25.5 Å². The number of amides is 1. The maximum absolute atomic E-state index is 12.4. The number of hydrogen-bond donors (Lipinski definition) is 2. The number of fused-ring (bicyclic) bond motifs is 1. The first-order valence-electron chi connectivity index (χ1n) is 5.25. The summed E-state index contributed by atoms with van der Waals surface area (Å²) in [5.41, 5.74) is 1.43. The molecule has 0 fully saturated rings. The van der Waals surface area contributed by atoms with Crippen LogP contribution >= 0.6 is 7.60 Å². The molecular weight excluding hydrogens is 257 g/mol. The van der Waals surface area contributed by atoms with E-state index in [1.165, 1.54) is 0 Å².